The van der Waals surface area contributed by atoms with Crippen molar-refractivity contribution in [2.75, 3.05) is 11.9 Å². The van der Waals surface area contributed by atoms with Crippen LogP contribution >= 0.6 is 23.2 Å². The average molecular weight is 363 g/mol. The van der Waals surface area contributed by atoms with Gasteiger partial charge < -0.3 is 5.32 Å². The Bertz CT molecular complexity index is 816. The van der Waals surface area contributed by atoms with Gasteiger partial charge in [-0.1, -0.05) is 41.4 Å². The van der Waals surface area contributed by atoms with Gasteiger partial charge in [0, 0.05) is 13.0 Å². The smallest absolute Gasteiger partial charge is 0.261 e. The van der Waals surface area contributed by atoms with E-state index in [0.29, 0.717) is 21.8 Å². The third-order valence-electron chi connectivity index (χ3n) is 3.67. The lowest BCUT2D eigenvalue weighted by Crippen LogP contribution is -2.32. The first-order valence-corrected chi connectivity index (χ1v) is 7.93. The van der Waals surface area contributed by atoms with Crippen molar-refractivity contribution in [3.05, 3.63) is 63.6 Å². The fourth-order valence-corrected chi connectivity index (χ4v) is 2.82. The largest absolute Gasteiger partial charge is 0.325 e. The molecule has 0 saturated carbocycles. The van der Waals surface area contributed by atoms with E-state index < -0.39 is 0 Å². The van der Waals surface area contributed by atoms with Gasteiger partial charge in [-0.2, -0.15) is 0 Å². The Hall–Kier alpha value is -2.37. The molecule has 0 saturated heterocycles. The van der Waals surface area contributed by atoms with Gasteiger partial charge in [0.25, 0.3) is 11.8 Å². The van der Waals surface area contributed by atoms with Crippen LogP contribution in [-0.4, -0.2) is 29.2 Å². The van der Waals surface area contributed by atoms with Crippen molar-refractivity contribution in [3.8, 4) is 0 Å². The summed E-state index contributed by atoms with van der Waals surface area (Å²) in [7, 11) is 0. The standard InChI is InChI=1S/C17H12Cl2N2O3/c18-12-6-3-7-13(15(12)19)20-14(22)8-9-21-16(23)10-4-1-2-5-11(10)17(21)24/h1-7H,8-9H2,(H,20,22). The molecule has 1 heterocycles. The van der Waals surface area contributed by atoms with E-state index in [9.17, 15) is 14.4 Å². The fraction of sp³-hybridized carbons (Fsp3) is 0.118. The lowest BCUT2D eigenvalue weighted by Gasteiger charge is -2.14. The van der Waals surface area contributed by atoms with Crippen LogP contribution in [0.25, 0.3) is 0 Å². The van der Waals surface area contributed by atoms with Gasteiger partial charge in [-0.15, -0.1) is 0 Å². The molecule has 0 bridgehead atoms. The lowest BCUT2D eigenvalue weighted by molar-refractivity contribution is -0.116. The normalized spacial score (nSPS) is 13.2. The van der Waals surface area contributed by atoms with Crippen molar-refractivity contribution in [2.45, 2.75) is 6.42 Å². The molecule has 2 aromatic carbocycles. The number of halogens is 2. The van der Waals surface area contributed by atoms with Gasteiger partial charge >= 0.3 is 0 Å². The molecule has 0 aliphatic carbocycles. The second-order valence-electron chi connectivity index (χ2n) is 5.21. The number of amides is 3. The average Bonchev–Trinajstić information content (AvgIpc) is 2.82. The van der Waals surface area contributed by atoms with Crippen LogP contribution in [0.1, 0.15) is 27.1 Å². The topological polar surface area (TPSA) is 66.5 Å². The second kappa shape index (κ2) is 6.63. The minimum absolute atomic E-state index is 0.00361. The summed E-state index contributed by atoms with van der Waals surface area (Å²) < 4.78 is 0. The molecule has 1 aliphatic heterocycles. The zero-order valence-corrected chi connectivity index (χ0v) is 13.9. The summed E-state index contributed by atoms with van der Waals surface area (Å²) in [5.74, 6) is -1.14. The van der Waals surface area contributed by atoms with Gasteiger partial charge in [0.15, 0.2) is 0 Å². The van der Waals surface area contributed by atoms with E-state index in [1.165, 1.54) is 0 Å². The second-order valence-corrected chi connectivity index (χ2v) is 5.99. The third-order valence-corrected chi connectivity index (χ3v) is 4.49. The maximum Gasteiger partial charge on any atom is 0.261 e. The quantitative estimate of drug-likeness (QED) is 0.844. The number of benzene rings is 2. The molecule has 7 heteroatoms. The van der Waals surface area contributed by atoms with Gasteiger partial charge in [0.1, 0.15) is 0 Å². The van der Waals surface area contributed by atoms with Crippen LogP contribution in [-0.2, 0) is 4.79 Å². The highest BCUT2D eigenvalue weighted by molar-refractivity contribution is 6.44. The van der Waals surface area contributed by atoms with Crippen LogP contribution < -0.4 is 5.32 Å². The zero-order chi connectivity index (χ0) is 17.3. The van der Waals surface area contributed by atoms with E-state index in [1.54, 1.807) is 42.5 Å². The summed E-state index contributed by atoms with van der Waals surface area (Å²) in [6, 6.07) is 11.5. The molecule has 0 radical (unpaired) electrons. The van der Waals surface area contributed by atoms with E-state index in [4.69, 9.17) is 23.2 Å². The molecule has 122 valence electrons. The molecular weight excluding hydrogens is 351 g/mol. The number of imide groups is 1. The number of hydrogen-bond donors (Lipinski definition) is 1. The molecule has 2 aromatic rings. The van der Waals surface area contributed by atoms with Crippen LogP contribution in [0.2, 0.25) is 10.0 Å². The van der Waals surface area contributed by atoms with Gasteiger partial charge in [-0.3, -0.25) is 19.3 Å². The number of nitrogens with one attached hydrogen (secondary N) is 1. The van der Waals surface area contributed by atoms with Crippen LogP contribution in [0.15, 0.2) is 42.5 Å². The number of anilines is 1. The number of hydrogen-bond acceptors (Lipinski definition) is 3. The maximum absolute atomic E-state index is 12.2. The van der Waals surface area contributed by atoms with Gasteiger partial charge in [-0.05, 0) is 24.3 Å². The highest BCUT2D eigenvalue weighted by Gasteiger charge is 2.34. The van der Waals surface area contributed by atoms with E-state index in [0.717, 1.165) is 4.90 Å². The Morgan fingerprint density at radius 2 is 1.58 bits per heavy atom. The zero-order valence-electron chi connectivity index (χ0n) is 12.4. The first kappa shape index (κ1) is 16.5. The van der Waals surface area contributed by atoms with Crippen LogP contribution in [0.3, 0.4) is 0 Å². The minimum Gasteiger partial charge on any atom is -0.325 e. The van der Waals surface area contributed by atoms with E-state index in [-0.39, 0.29) is 35.7 Å². The number of carbonyl (C=O) groups is 3. The van der Waals surface area contributed by atoms with Crippen molar-refractivity contribution >= 4 is 46.6 Å². The monoisotopic (exact) mass is 362 g/mol. The SMILES string of the molecule is O=C(CCN1C(=O)c2ccccc2C1=O)Nc1cccc(Cl)c1Cl. The molecule has 3 rings (SSSR count). The van der Waals surface area contributed by atoms with Crippen LogP contribution in [0.5, 0.6) is 0 Å². The molecule has 1 aliphatic rings. The predicted molar refractivity (Wildman–Crippen MR) is 91.5 cm³/mol. The van der Waals surface area contributed by atoms with Crippen molar-refractivity contribution in [2.24, 2.45) is 0 Å². The Kier molecular flexibility index (Phi) is 4.55. The van der Waals surface area contributed by atoms with Crippen molar-refractivity contribution in [3.63, 3.8) is 0 Å². The predicted octanol–water partition coefficient (Wildman–Crippen LogP) is 3.62. The molecule has 5 nitrogen and oxygen atoms in total. The first-order valence-electron chi connectivity index (χ1n) is 7.18. The molecule has 1 N–H and O–H groups in total. The maximum atomic E-state index is 12.2. The van der Waals surface area contributed by atoms with Gasteiger partial charge in [0.05, 0.1) is 26.9 Å². The van der Waals surface area contributed by atoms with Crippen molar-refractivity contribution in [1.82, 2.24) is 4.90 Å². The highest BCUT2D eigenvalue weighted by Crippen LogP contribution is 2.29. The van der Waals surface area contributed by atoms with E-state index >= 15 is 0 Å². The fourth-order valence-electron chi connectivity index (χ4n) is 2.47. The summed E-state index contributed by atoms with van der Waals surface area (Å²) >= 11 is 11.9. The van der Waals surface area contributed by atoms with Crippen LogP contribution in [0, 0.1) is 0 Å². The number of nitrogens with zero attached hydrogens (tertiary/aromatic N) is 1. The number of carbonyl (C=O) groups excluding carboxylic acids is 3. The van der Waals surface area contributed by atoms with Crippen molar-refractivity contribution < 1.29 is 14.4 Å². The molecule has 0 unspecified atom stereocenters. The van der Waals surface area contributed by atoms with Crippen LogP contribution in [0.4, 0.5) is 5.69 Å². The minimum atomic E-state index is -0.385. The highest BCUT2D eigenvalue weighted by atomic mass is 35.5. The summed E-state index contributed by atoms with van der Waals surface area (Å²) in [4.78, 5) is 37.6. The summed E-state index contributed by atoms with van der Waals surface area (Å²) in [5, 5.41) is 3.19. The Labute approximate surface area is 148 Å². The van der Waals surface area contributed by atoms with Crippen molar-refractivity contribution in [1.29, 1.82) is 0 Å². The Morgan fingerprint density at radius 1 is 0.958 bits per heavy atom. The van der Waals surface area contributed by atoms with E-state index in [1.807, 2.05) is 0 Å². The molecular formula is C17H12Cl2N2O3. The molecule has 0 atom stereocenters. The molecule has 0 aromatic heterocycles. The Balaban J connectivity index is 1.64. The van der Waals surface area contributed by atoms with E-state index in [2.05, 4.69) is 5.32 Å². The Morgan fingerprint density at radius 3 is 2.21 bits per heavy atom. The third kappa shape index (κ3) is 3.00. The summed E-state index contributed by atoms with van der Waals surface area (Å²) in [5.41, 5.74) is 1.11. The van der Waals surface area contributed by atoms with Gasteiger partial charge in [-0.25, -0.2) is 0 Å². The molecule has 0 spiro atoms. The number of fused-ring (bicyclic) bond motifs is 1. The molecule has 0 fully saturated rings. The number of rotatable bonds is 4. The molecule has 24 heavy (non-hydrogen) atoms. The summed E-state index contributed by atoms with van der Waals surface area (Å²) in [6.07, 6.45) is -0.0334. The van der Waals surface area contributed by atoms with Gasteiger partial charge in [0.2, 0.25) is 5.91 Å². The summed E-state index contributed by atoms with van der Waals surface area (Å²) in [6.45, 7) is -0.00361. The lowest BCUT2D eigenvalue weighted by atomic mass is 10.1. The first-order chi connectivity index (χ1) is 11.5. The molecule has 3 amide bonds.